The van der Waals surface area contributed by atoms with Crippen molar-refractivity contribution >= 4 is 58.1 Å². The monoisotopic (exact) mass is 1380 g/mol. The van der Waals surface area contributed by atoms with Crippen LogP contribution in [0.5, 0.6) is 5.75 Å². The summed E-state index contributed by atoms with van der Waals surface area (Å²) in [4.78, 5) is 69.8. The van der Waals surface area contributed by atoms with Crippen LogP contribution in [0, 0.1) is 0 Å². The topological polar surface area (TPSA) is 306 Å². The Kier molecular flexibility index (Phi) is 29.4. The molecule has 0 saturated carbocycles. The van der Waals surface area contributed by atoms with Crippen LogP contribution in [-0.2, 0) is 74.0 Å². The van der Waals surface area contributed by atoms with Crippen molar-refractivity contribution in [2.75, 3.05) is 0 Å². The molecule has 0 aliphatic rings. The molecule has 0 amide bonds. The van der Waals surface area contributed by atoms with Crippen molar-refractivity contribution in [3.05, 3.63) is 137 Å². The number of tetrazole rings is 4. The quantitative estimate of drug-likeness (QED) is 0.0211. The minimum Gasteiger partial charge on any atom is -0.434 e. The molecule has 508 valence electrons. The first-order chi connectivity index (χ1) is 44.7. The molecule has 0 radical (unpaired) electrons. The van der Waals surface area contributed by atoms with Crippen molar-refractivity contribution in [3.8, 4) is 28.5 Å². The number of aromatic nitrogens is 16. The highest BCUT2D eigenvalue weighted by molar-refractivity contribution is 8.00. The summed E-state index contributed by atoms with van der Waals surface area (Å²) in [6, 6.07) is 18.4. The minimum atomic E-state index is -3.02. The standard InChI is InChI=1S/C14H17F2N5O3.C14H17F2N5O2S.2C13H15F2N5O2S/c2*1-4-9(2)17-23-8-10-11(21-14(22)20(3)18-19-21)6-5-7-12(10)24-13(15)16;2*1-8(2)16-22-7-9-10(20-13(21)19(3)17-18-20)5-4-6-11(9)23-12(14)15/h2*5-7,13H,4,8H2,1-3H3;2*4-6,12H,7H2,1-3H3. The van der Waals surface area contributed by atoms with Gasteiger partial charge in [0.15, 0.2) is 0 Å². The molecule has 8 rings (SSSR count). The average Bonchev–Trinajstić information content (AvgIpc) is 1.53. The molecule has 0 unspecified atom stereocenters. The highest BCUT2D eigenvalue weighted by atomic mass is 32.2. The number of hydrogen-bond acceptors (Lipinski definition) is 24. The molecule has 4 aromatic carbocycles. The van der Waals surface area contributed by atoms with Crippen LogP contribution >= 0.6 is 35.3 Å². The summed E-state index contributed by atoms with van der Waals surface area (Å²) in [5, 5.41) is 44.8. The molecular formula is C54H64F8N20O9S3. The fraction of sp³-hybridized carbons (Fsp3) is 0.407. The third-order valence-corrected chi connectivity index (χ3v) is 14.3. The average molecular weight is 1390 g/mol. The van der Waals surface area contributed by atoms with E-state index in [2.05, 4.69) is 67.1 Å². The maximum Gasteiger partial charge on any atom is 0.387 e. The Morgan fingerprint density at radius 3 is 0.915 bits per heavy atom. The first-order valence-electron chi connectivity index (χ1n) is 27.5. The zero-order valence-corrected chi connectivity index (χ0v) is 54.8. The third-order valence-electron chi connectivity index (χ3n) is 11.9. The Balaban J connectivity index is 0.000000227. The molecule has 0 saturated heterocycles. The van der Waals surface area contributed by atoms with Crippen molar-refractivity contribution in [1.29, 1.82) is 0 Å². The molecule has 0 spiro atoms. The van der Waals surface area contributed by atoms with Crippen molar-refractivity contribution < 1.29 is 59.2 Å². The molecule has 0 aliphatic heterocycles. The number of hydrogen-bond donors (Lipinski definition) is 0. The lowest BCUT2D eigenvalue weighted by Crippen LogP contribution is -2.23. The molecule has 29 nitrogen and oxygen atoms in total. The van der Waals surface area contributed by atoms with Gasteiger partial charge < -0.3 is 24.1 Å². The van der Waals surface area contributed by atoms with E-state index < -0.39 is 46.6 Å². The lowest BCUT2D eigenvalue weighted by Gasteiger charge is -2.13. The molecule has 0 aliphatic carbocycles. The Hall–Kier alpha value is -9.47. The van der Waals surface area contributed by atoms with Gasteiger partial charge in [0, 0.05) is 59.6 Å². The fourth-order valence-electron chi connectivity index (χ4n) is 7.27. The van der Waals surface area contributed by atoms with Gasteiger partial charge in [0.2, 0.25) is 0 Å². The van der Waals surface area contributed by atoms with Crippen molar-refractivity contribution in [2.24, 2.45) is 48.8 Å². The van der Waals surface area contributed by atoms with Crippen molar-refractivity contribution in [3.63, 3.8) is 0 Å². The van der Waals surface area contributed by atoms with Gasteiger partial charge in [-0.25, -0.2) is 19.2 Å². The normalized spacial score (nSPS) is 11.4. The number of ether oxygens (including phenoxy) is 1. The second-order valence-corrected chi connectivity index (χ2v) is 22.3. The van der Waals surface area contributed by atoms with Crippen LogP contribution in [0.15, 0.2) is 127 Å². The number of alkyl halides is 8. The first kappa shape index (κ1) is 75.3. The number of oxime groups is 4. The van der Waals surface area contributed by atoms with Crippen LogP contribution in [0.3, 0.4) is 0 Å². The molecule has 8 aromatic rings. The molecule has 0 atom stereocenters. The summed E-state index contributed by atoms with van der Waals surface area (Å²) in [5.41, 5.74) is 3.52. The van der Waals surface area contributed by atoms with Gasteiger partial charge in [-0.15, -0.1) is 0 Å². The van der Waals surface area contributed by atoms with Gasteiger partial charge in [-0.1, -0.05) is 94.0 Å². The van der Waals surface area contributed by atoms with E-state index in [1.807, 2.05) is 13.8 Å². The van der Waals surface area contributed by atoms with E-state index in [1.165, 1.54) is 64.6 Å². The van der Waals surface area contributed by atoms with E-state index in [4.69, 9.17) is 19.4 Å². The van der Waals surface area contributed by atoms with E-state index in [0.717, 1.165) is 48.9 Å². The lowest BCUT2D eigenvalue weighted by atomic mass is 10.1. The smallest absolute Gasteiger partial charge is 0.387 e. The zero-order chi connectivity index (χ0) is 69.3. The molecule has 0 fully saturated rings. The molecule has 4 heterocycles. The summed E-state index contributed by atoms with van der Waals surface area (Å²) in [5.74, 6) is -7.92. The summed E-state index contributed by atoms with van der Waals surface area (Å²) >= 11 is 1.13. The van der Waals surface area contributed by atoms with E-state index >= 15 is 0 Å². The van der Waals surface area contributed by atoms with Crippen LogP contribution in [0.1, 0.15) is 90.5 Å². The molecule has 94 heavy (non-hydrogen) atoms. The summed E-state index contributed by atoms with van der Waals surface area (Å²) in [6.07, 6.45) is 1.40. The summed E-state index contributed by atoms with van der Waals surface area (Å²) in [6.45, 7) is 11.0. The Morgan fingerprint density at radius 1 is 0.404 bits per heavy atom. The van der Waals surface area contributed by atoms with Crippen LogP contribution in [0.4, 0.5) is 35.1 Å². The molecule has 0 bridgehead atoms. The van der Waals surface area contributed by atoms with E-state index in [1.54, 1.807) is 77.9 Å². The molecular weight excluding hydrogens is 1320 g/mol. The Labute approximate surface area is 541 Å². The number of benzene rings is 4. The SMILES string of the molecule is CC(C)=NOCc1c(SC(F)F)cccc1-n1nnn(C)c1=O.CC(C)=NOCc1c(SC(F)F)cccc1-n1nnn(C)c1=O.CCC(C)=NOCc1c(OC(F)F)cccc1-n1nnn(C)c1=O.CCC(C)=NOCc1c(SC(F)F)cccc1-n1nnn(C)c1=O. The second-order valence-electron chi connectivity index (χ2n) is 19.2. The van der Waals surface area contributed by atoms with Gasteiger partial charge >= 0.3 is 29.4 Å². The zero-order valence-electron chi connectivity index (χ0n) is 52.3. The number of rotatable bonds is 26. The maximum atomic E-state index is 12.8. The van der Waals surface area contributed by atoms with Gasteiger partial charge in [-0.3, -0.25) is 0 Å². The van der Waals surface area contributed by atoms with Crippen LogP contribution in [0.2, 0.25) is 0 Å². The highest BCUT2D eigenvalue weighted by Gasteiger charge is 2.23. The van der Waals surface area contributed by atoms with Crippen molar-refractivity contribution in [1.82, 2.24) is 79.2 Å². The van der Waals surface area contributed by atoms with Crippen LogP contribution in [-0.4, -0.2) is 126 Å². The fourth-order valence-corrected chi connectivity index (χ4v) is 9.23. The number of nitrogens with zero attached hydrogens (tertiary/aromatic N) is 20. The van der Waals surface area contributed by atoms with E-state index in [0.29, 0.717) is 108 Å². The molecule has 0 N–H and O–H groups in total. The Morgan fingerprint density at radius 2 is 0.670 bits per heavy atom. The maximum absolute atomic E-state index is 12.8. The molecule has 40 heteroatoms. The van der Waals surface area contributed by atoms with Gasteiger partial charge in [-0.2, -0.15) is 72.6 Å². The van der Waals surface area contributed by atoms with Crippen molar-refractivity contribution in [2.45, 2.75) is 133 Å². The summed E-state index contributed by atoms with van der Waals surface area (Å²) < 4.78 is 115. The minimum absolute atomic E-state index is 0.0639. The Bertz CT molecular complexity index is 3890. The predicted molar refractivity (Wildman–Crippen MR) is 332 cm³/mol. The first-order valence-corrected chi connectivity index (χ1v) is 30.1. The van der Waals surface area contributed by atoms with Crippen LogP contribution in [0.25, 0.3) is 22.7 Å². The van der Waals surface area contributed by atoms with Gasteiger partial charge in [0.25, 0.3) is 17.3 Å². The van der Waals surface area contributed by atoms with Gasteiger partial charge in [-0.05, 0) is 145 Å². The highest BCUT2D eigenvalue weighted by Crippen LogP contribution is 2.35. The number of aryl methyl sites for hydroxylation is 4. The number of thioether (sulfide) groups is 3. The predicted octanol–water partition coefficient (Wildman–Crippen LogP) is 8.84. The molecule has 4 aromatic heterocycles. The van der Waals surface area contributed by atoms with Crippen LogP contribution < -0.4 is 27.5 Å². The number of halogens is 8. The third kappa shape index (κ3) is 21.8. The second kappa shape index (κ2) is 36.7. The van der Waals surface area contributed by atoms with E-state index in [9.17, 15) is 54.3 Å². The van der Waals surface area contributed by atoms with Gasteiger partial charge in [0.1, 0.15) is 32.2 Å². The largest absolute Gasteiger partial charge is 0.434 e. The summed E-state index contributed by atoms with van der Waals surface area (Å²) in [7, 11) is 5.78. The lowest BCUT2D eigenvalue weighted by molar-refractivity contribution is -0.0513. The van der Waals surface area contributed by atoms with E-state index in [-0.39, 0.29) is 43.4 Å². The van der Waals surface area contributed by atoms with Gasteiger partial charge in [0.05, 0.1) is 51.2 Å².